The van der Waals surface area contributed by atoms with Crippen molar-refractivity contribution >= 4 is 50.7 Å². The minimum atomic E-state index is -3.85. The van der Waals surface area contributed by atoms with Gasteiger partial charge in [-0.1, -0.05) is 77.3 Å². The van der Waals surface area contributed by atoms with E-state index in [1.807, 2.05) is 43.3 Å². The number of aryl methyl sites for hydroxylation is 2. The van der Waals surface area contributed by atoms with Crippen molar-refractivity contribution in [3.63, 3.8) is 0 Å². The van der Waals surface area contributed by atoms with Gasteiger partial charge >= 0.3 is 0 Å². The molecule has 1 N–H and O–H groups in total. The molecule has 7 nitrogen and oxygen atoms in total. The largest absolute Gasteiger partial charge is 0.355 e. The summed E-state index contributed by atoms with van der Waals surface area (Å²) in [5.41, 5.74) is 3.37. The number of likely N-dealkylation sites (N-methyl/N-ethyl adjacent to an activating group) is 1. The van der Waals surface area contributed by atoms with Crippen LogP contribution in [0.15, 0.2) is 66.7 Å². The van der Waals surface area contributed by atoms with Crippen molar-refractivity contribution in [2.24, 2.45) is 0 Å². The van der Waals surface area contributed by atoms with Crippen LogP contribution in [-0.4, -0.2) is 50.5 Å². The maximum Gasteiger partial charge on any atom is 0.244 e. The predicted octanol–water partition coefficient (Wildman–Crippen LogP) is 5.15. The zero-order chi connectivity index (χ0) is 28.7. The molecule has 1 atom stereocenters. The summed E-state index contributed by atoms with van der Waals surface area (Å²) in [6, 6.07) is 18.7. The number of nitrogens with zero attached hydrogens (tertiary/aromatic N) is 2. The Kier molecular flexibility index (Phi) is 10.4. The number of hydrogen-bond acceptors (Lipinski definition) is 4. The van der Waals surface area contributed by atoms with E-state index in [1.165, 1.54) is 4.90 Å². The fourth-order valence-corrected chi connectivity index (χ4v) is 5.80. The average Bonchev–Trinajstić information content (AvgIpc) is 2.86. The molecule has 0 aliphatic heterocycles. The summed E-state index contributed by atoms with van der Waals surface area (Å²) in [4.78, 5) is 28.8. The van der Waals surface area contributed by atoms with Gasteiger partial charge in [-0.05, 0) is 50.1 Å². The van der Waals surface area contributed by atoms with Crippen molar-refractivity contribution in [1.82, 2.24) is 10.2 Å². The van der Waals surface area contributed by atoms with E-state index in [9.17, 15) is 18.0 Å². The summed E-state index contributed by atoms with van der Waals surface area (Å²) >= 11 is 12.9. The molecular formula is C29H33Cl2N3O4S. The number of carbonyl (C=O) groups is 2. The maximum atomic E-state index is 14.1. The summed E-state index contributed by atoms with van der Waals surface area (Å²) in [5, 5.41) is 3.49. The lowest BCUT2D eigenvalue weighted by Gasteiger charge is -2.34. The lowest BCUT2D eigenvalue weighted by atomic mass is 10.0. The number of hydrogen-bond donors (Lipinski definition) is 1. The highest BCUT2D eigenvalue weighted by Gasteiger charge is 2.33. The van der Waals surface area contributed by atoms with Gasteiger partial charge in [0.15, 0.2) is 0 Å². The van der Waals surface area contributed by atoms with Crippen LogP contribution in [0.1, 0.15) is 29.2 Å². The molecule has 0 unspecified atom stereocenters. The topological polar surface area (TPSA) is 86.8 Å². The van der Waals surface area contributed by atoms with Gasteiger partial charge < -0.3 is 10.2 Å². The molecule has 0 heterocycles. The summed E-state index contributed by atoms with van der Waals surface area (Å²) < 4.78 is 26.9. The van der Waals surface area contributed by atoms with E-state index in [2.05, 4.69) is 5.32 Å². The maximum absolute atomic E-state index is 14.1. The van der Waals surface area contributed by atoms with Crippen molar-refractivity contribution in [2.45, 2.75) is 39.8 Å². The minimum Gasteiger partial charge on any atom is -0.355 e. The lowest BCUT2D eigenvalue weighted by molar-refractivity contribution is -0.140. The molecule has 0 spiro atoms. The molecule has 0 bridgehead atoms. The van der Waals surface area contributed by atoms with E-state index in [4.69, 9.17) is 23.2 Å². The number of halogens is 2. The third-order valence-electron chi connectivity index (χ3n) is 6.31. The van der Waals surface area contributed by atoms with Crippen LogP contribution in [0.3, 0.4) is 0 Å². The molecule has 0 aromatic heterocycles. The van der Waals surface area contributed by atoms with Crippen molar-refractivity contribution in [1.29, 1.82) is 0 Å². The number of benzene rings is 3. The van der Waals surface area contributed by atoms with E-state index >= 15 is 0 Å². The smallest absolute Gasteiger partial charge is 0.244 e. The van der Waals surface area contributed by atoms with Crippen LogP contribution in [0.4, 0.5) is 5.69 Å². The first kappa shape index (κ1) is 30.5. The van der Waals surface area contributed by atoms with Gasteiger partial charge in [0.25, 0.3) is 0 Å². The SMILES string of the molecule is CCNC(=O)[C@H](Cc1ccccc1)N(Cc1c(Cl)cccc1Cl)C(=O)CN(c1ccc(C)cc1C)S(C)(=O)=O. The zero-order valence-corrected chi connectivity index (χ0v) is 24.8. The number of anilines is 1. The second kappa shape index (κ2) is 13.3. The average molecular weight is 591 g/mol. The number of amides is 2. The first-order valence-corrected chi connectivity index (χ1v) is 15.1. The summed E-state index contributed by atoms with van der Waals surface area (Å²) in [6.45, 7) is 5.25. The van der Waals surface area contributed by atoms with Crippen molar-refractivity contribution < 1.29 is 18.0 Å². The molecular weight excluding hydrogens is 557 g/mol. The van der Waals surface area contributed by atoms with Crippen LogP contribution in [0.5, 0.6) is 0 Å². The first-order valence-electron chi connectivity index (χ1n) is 12.5. The van der Waals surface area contributed by atoms with E-state index in [-0.39, 0.29) is 18.9 Å². The van der Waals surface area contributed by atoms with Gasteiger partial charge in [-0.2, -0.15) is 0 Å². The highest BCUT2D eigenvalue weighted by molar-refractivity contribution is 7.92. The Morgan fingerprint density at radius 2 is 1.59 bits per heavy atom. The molecule has 3 rings (SSSR count). The van der Waals surface area contributed by atoms with Gasteiger partial charge in [-0.3, -0.25) is 13.9 Å². The van der Waals surface area contributed by atoms with Crippen LogP contribution >= 0.6 is 23.2 Å². The molecule has 0 aliphatic carbocycles. The fourth-order valence-electron chi connectivity index (χ4n) is 4.38. The number of sulfonamides is 1. The highest BCUT2D eigenvalue weighted by Crippen LogP contribution is 2.28. The van der Waals surface area contributed by atoms with Crippen LogP contribution in [0, 0.1) is 13.8 Å². The third kappa shape index (κ3) is 7.97. The summed E-state index contributed by atoms with van der Waals surface area (Å²) in [5.74, 6) is -0.932. The molecule has 39 heavy (non-hydrogen) atoms. The Hall–Kier alpha value is -3.07. The molecule has 0 saturated carbocycles. The van der Waals surface area contributed by atoms with E-state index in [0.717, 1.165) is 21.7 Å². The molecule has 0 fully saturated rings. The standard InChI is InChI=1S/C29H33Cl2N3O4S/c1-5-32-29(36)27(17-22-10-7-6-8-11-22)33(18-23-24(30)12-9-13-25(23)31)28(35)19-34(39(4,37)38)26-15-14-20(2)16-21(26)3/h6-16,27H,5,17-19H2,1-4H3,(H,32,36)/t27-/m0/s1. The molecule has 3 aromatic rings. The highest BCUT2D eigenvalue weighted by atomic mass is 35.5. The predicted molar refractivity (Wildman–Crippen MR) is 158 cm³/mol. The second-order valence-electron chi connectivity index (χ2n) is 9.38. The van der Waals surface area contributed by atoms with Crippen LogP contribution < -0.4 is 9.62 Å². The first-order chi connectivity index (χ1) is 18.4. The Labute approximate surface area is 240 Å². The van der Waals surface area contributed by atoms with E-state index in [1.54, 1.807) is 44.2 Å². The molecule has 10 heteroatoms. The second-order valence-corrected chi connectivity index (χ2v) is 12.1. The normalized spacial score (nSPS) is 12.1. The number of nitrogens with one attached hydrogen (secondary N) is 1. The van der Waals surface area contributed by atoms with Crippen molar-refractivity contribution in [3.8, 4) is 0 Å². The lowest BCUT2D eigenvalue weighted by Crippen LogP contribution is -2.53. The van der Waals surface area contributed by atoms with Gasteiger partial charge in [-0.25, -0.2) is 8.42 Å². The quantitative estimate of drug-likeness (QED) is 0.335. The monoisotopic (exact) mass is 589 g/mol. The van der Waals surface area contributed by atoms with Gasteiger partial charge in [0.2, 0.25) is 21.8 Å². The number of carbonyl (C=O) groups excluding carboxylic acids is 2. The van der Waals surface area contributed by atoms with Gasteiger partial charge in [-0.15, -0.1) is 0 Å². The fraction of sp³-hybridized carbons (Fsp3) is 0.310. The summed E-state index contributed by atoms with van der Waals surface area (Å²) in [7, 11) is -3.85. The molecule has 208 valence electrons. The summed E-state index contributed by atoms with van der Waals surface area (Å²) in [6.07, 6.45) is 1.27. The molecule has 3 aromatic carbocycles. The van der Waals surface area contributed by atoms with Gasteiger partial charge in [0.05, 0.1) is 11.9 Å². The Balaban J connectivity index is 2.10. The van der Waals surface area contributed by atoms with E-state index in [0.29, 0.717) is 33.4 Å². The Bertz CT molecular complexity index is 1410. The van der Waals surface area contributed by atoms with Gasteiger partial charge in [0.1, 0.15) is 12.6 Å². The van der Waals surface area contributed by atoms with Crippen molar-refractivity contribution in [3.05, 3.63) is 99.0 Å². The number of rotatable bonds is 11. The van der Waals surface area contributed by atoms with E-state index < -0.39 is 28.5 Å². The zero-order valence-electron chi connectivity index (χ0n) is 22.4. The minimum absolute atomic E-state index is 0.0868. The van der Waals surface area contributed by atoms with Crippen LogP contribution in [-0.2, 0) is 32.6 Å². The Morgan fingerprint density at radius 3 is 2.15 bits per heavy atom. The molecule has 0 aliphatic rings. The third-order valence-corrected chi connectivity index (χ3v) is 8.15. The molecule has 2 amide bonds. The van der Waals surface area contributed by atoms with Crippen LogP contribution in [0.2, 0.25) is 10.0 Å². The Morgan fingerprint density at radius 1 is 0.949 bits per heavy atom. The van der Waals surface area contributed by atoms with Gasteiger partial charge in [0, 0.05) is 35.1 Å². The van der Waals surface area contributed by atoms with Crippen LogP contribution in [0.25, 0.3) is 0 Å². The molecule has 0 saturated heterocycles. The van der Waals surface area contributed by atoms with Crippen molar-refractivity contribution in [2.75, 3.05) is 23.7 Å². The molecule has 0 radical (unpaired) electrons.